The number of phenolic OH excluding ortho intramolecular Hbond substituents is 1. The Labute approximate surface area is 88.9 Å². The second-order valence-electron chi connectivity index (χ2n) is 3.55. The second kappa shape index (κ2) is 3.95. The van der Waals surface area contributed by atoms with Crippen molar-refractivity contribution in [1.29, 1.82) is 0 Å². The van der Waals surface area contributed by atoms with Gasteiger partial charge in [0.25, 0.3) is 0 Å². The van der Waals surface area contributed by atoms with Gasteiger partial charge in [-0.3, -0.25) is 0 Å². The highest BCUT2D eigenvalue weighted by molar-refractivity contribution is 5.86. The molecule has 3 heteroatoms. The second-order valence-corrected chi connectivity index (χ2v) is 3.55. The Hall–Kier alpha value is -1.48. The molecule has 15 heavy (non-hydrogen) atoms. The summed E-state index contributed by atoms with van der Waals surface area (Å²) in [6.07, 6.45) is 0. The maximum absolute atomic E-state index is 9.73. The molecular formula is C12H15NO2. The Bertz CT molecular complexity index is 474. The van der Waals surface area contributed by atoms with E-state index in [9.17, 15) is 5.11 Å². The quantitative estimate of drug-likeness (QED) is 0.835. The van der Waals surface area contributed by atoms with Crippen molar-refractivity contribution in [2.24, 2.45) is 7.05 Å². The van der Waals surface area contributed by atoms with Crippen molar-refractivity contribution in [3.05, 3.63) is 30.0 Å². The van der Waals surface area contributed by atoms with Crippen LogP contribution < -0.4 is 0 Å². The summed E-state index contributed by atoms with van der Waals surface area (Å²) in [6.45, 7) is 3.26. The van der Waals surface area contributed by atoms with Crippen LogP contribution in [0.1, 0.15) is 12.6 Å². The molecule has 1 N–H and O–H groups in total. The third-order valence-corrected chi connectivity index (χ3v) is 2.59. The van der Waals surface area contributed by atoms with E-state index in [1.807, 2.05) is 36.7 Å². The molecule has 0 saturated carbocycles. The predicted octanol–water partition coefficient (Wildman–Crippen LogP) is 2.42. The fraction of sp³-hybridized carbons (Fsp3) is 0.333. The lowest BCUT2D eigenvalue weighted by atomic mass is 10.2. The van der Waals surface area contributed by atoms with E-state index in [0.717, 1.165) is 16.6 Å². The van der Waals surface area contributed by atoms with E-state index in [-0.39, 0.29) is 0 Å². The Balaban J connectivity index is 2.50. The zero-order chi connectivity index (χ0) is 10.8. The summed E-state index contributed by atoms with van der Waals surface area (Å²) in [4.78, 5) is 0. The number of para-hydroxylation sites is 1. The van der Waals surface area contributed by atoms with Gasteiger partial charge in [0.1, 0.15) is 5.75 Å². The zero-order valence-corrected chi connectivity index (χ0v) is 9.03. The number of phenols is 1. The molecule has 1 aromatic carbocycles. The molecule has 0 aliphatic heterocycles. The summed E-state index contributed by atoms with van der Waals surface area (Å²) < 4.78 is 7.34. The largest absolute Gasteiger partial charge is 0.506 e. The molecule has 0 bridgehead atoms. The van der Waals surface area contributed by atoms with Crippen molar-refractivity contribution in [1.82, 2.24) is 4.57 Å². The zero-order valence-electron chi connectivity index (χ0n) is 9.03. The smallest absolute Gasteiger partial charge is 0.139 e. The number of fused-ring (bicyclic) bond motifs is 1. The molecule has 0 saturated heterocycles. The van der Waals surface area contributed by atoms with Crippen LogP contribution >= 0.6 is 0 Å². The van der Waals surface area contributed by atoms with Gasteiger partial charge in [-0.2, -0.15) is 0 Å². The molecule has 2 aromatic rings. The van der Waals surface area contributed by atoms with E-state index in [2.05, 4.69) is 0 Å². The highest BCUT2D eigenvalue weighted by Gasteiger charge is 2.08. The van der Waals surface area contributed by atoms with Gasteiger partial charge in [-0.05, 0) is 19.1 Å². The van der Waals surface area contributed by atoms with E-state index >= 15 is 0 Å². The van der Waals surface area contributed by atoms with Gasteiger partial charge in [-0.25, -0.2) is 0 Å². The first-order chi connectivity index (χ1) is 7.24. The number of nitrogens with zero attached hydrogens (tertiary/aromatic N) is 1. The molecule has 80 valence electrons. The van der Waals surface area contributed by atoms with Gasteiger partial charge in [0.2, 0.25) is 0 Å². The molecule has 0 aliphatic rings. The Morgan fingerprint density at radius 3 is 2.87 bits per heavy atom. The number of hydrogen-bond acceptors (Lipinski definition) is 2. The fourth-order valence-corrected chi connectivity index (χ4v) is 1.80. The van der Waals surface area contributed by atoms with Crippen molar-refractivity contribution in [2.45, 2.75) is 13.5 Å². The topological polar surface area (TPSA) is 34.4 Å². The molecule has 0 amide bonds. The van der Waals surface area contributed by atoms with Crippen LogP contribution in [0.15, 0.2) is 24.3 Å². The lowest BCUT2D eigenvalue weighted by Gasteiger charge is -2.04. The fourth-order valence-electron chi connectivity index (χ4n) is 1.80. The Kier molecular flexibility index (Phi) is 2.64. The maximum atomic E-state index is 9.73. The van der Waals surface area contributed by atoms with Crippen LogP contribution in [-0.2, 0) is 18.4 Å². The molecular weight excluding hydrogens is 190 g/mol. The molecule has 0 unspecified atom stereocenters. The molecule has 2 rings (SSSR count). The molecule has 0 spiro atoms. The number of hydrogen-bond donors (Lipinski definition) is 1. The third-order valence-electron chi connectivity index (χ3n) is 2.59. The van der Waals surface area contributed by atoms with Crippen LogP contribution in [0.5, 0.6) is 5.75 Å². The molecule has 0 fully saturated rings. The van der Waals surface area contributed by atoms with Crippen LogP contribution in [0.4, 0.5) is 0 Å². The van der Waals surface area contributed by atoms with E-state index in [0.29, 0.717) is 19.0 Å². The van der Waals surface area contributed by atoms with Crippen LogP contribution in [0.25, 0.3) is 10.9 Å². The molecule has 0 atom stereocenters. The molecule has 3 nitrogen and oxygen atoms in total. The number of aromatic hydroxyl groups is 1. The number of aromatic nitrogens is 1. The standard InChI is InChI=1S/C12H15NO2/c1-3-15-8-10-7-9-5-4-6-11(14)12(9)13(10)2/h4-7,14H,3,8H2,1-2H3. The van der Waals surface area contributed by atoms with Gasteiger partial charge in [0.05, 0.1) is 12.1 Å². The van der Waals surface area contributed by atoms with Crippen molar-refractivity contribution in [2.75, 3.05) is 6.61 Å². The number of benzene rings is 1. The van der Waals surface area contributed by atoms with Crippen LogP contribution in [0, 0.1) is 0 Å². The summed E-state index contributed by atoms with van der Waals surface area (Å²) >= 11 is 0. The Morgan fingerprint density at radius 1 is 1.40 bits per heavy atom. The molecule has 1 heterocycles. The maximum Gasteiger partial charge on any atom is 0.139 e. The van der Waals surface area contributed by atoms with Crippen LogP contribution in [-0.4, -0.2) is 16.3 Å². The number of ether oxygens (including phenoxy) is 1. The van der Waals surface area contributed by atoms with E-state index < -0.39 is 0 Å². The van der Waals surface area contributed by atoms with Gasteiger partial charge < -0.3 is 14.4 Å². The third kappa shape index (κ3) is 1.70. The van der Waals surface area contributed by atoms with Crippen molar-refractivity contribution < 1.29 is 9.84 Å². The van der Waals surface area contributed by atoms with Crippen LogP contribution in [0.3, 0.4) is 0 Å². The predicted molar refractivity (Wildman–Crippen MR) is 59.9 cm³/mol. The summed E-state index contributed by atoms with van der Waals surface area (Å²) in [5.41, 5.74) is 1.94. The van der Waals surface area contributed by atoms with Gasteiger partial charge >= 0.3 is 0 Å². The molecule has 0 radical (unpaired) electrons. The highest BCUT2D eigenvalue weighted by Crippen LogP contribution is 2.27. The monoisotopic (exact) mass is 205 g/mol. The minimum atomic E-state index is 0.317. The summed E-state index contributed by atoms with van der Waals surface area (Å²) in [6, 6.07) is 7.59. The average molecular weight is 205 g/mol. The summed E-state index contributed by atoms with van der Waals surface area (Å²) in [7, 11) is 1.94. The van der Waals surface area contributed by atoms with Gasteiger partial charge in [0.15, 0.2) is 0 Å². The number of rotatable bonds is 3. The summed E-state index contributed by atoms with van der Waals surface area (Å²) in [5, 5.41) is 10.8. The van der Waals surface area contributed by atoms with Gasteiger partial charge in [0, 0.05) is 24.7 Å². The van der Waals surface area contributed by atoms with Crippen molar-refractivity contribution in [3.8, 4) is 5.75 Å². The average Bonchev–Trinajstić information content (AvgIpc) is 2.54. The number of aryl methyl sites for hydroxylation is 1. The normalized spacial score (nSPS) is 11.1. The lowest BCUT2D eigenvalue weighted by Crippen LogP contribution is -1.99. The van der Waals surface area contributed by atoms with E-state index in [4.69, 9.17) is 4.74 Å². The SMILES string of the molecule is CCOCc1cc2cccc(O)c2n1C. The summed E-state index contributed by atoms with van der Waals surface area (Å²) in [5.74, 6) is 0.317. The first-order valence-corrected chi connectivity index (χ1v) is 5.08. The first-order valence-electron chi connectivity index (χ1n) is 5.08. The molecule has 0 aliphatic carbocycles. The van der Waals surface area contributed by atoms with E-state index in [1.54, 1.807) is 6.07 Å². The van der Waals surface area contributed by atoms with Gasteiger partial charge in [-0.1, -0.05) is 12.1 Å². The molecule has 1 aromatic heterocycles. The minimum Gasteiger partial charge on any atom is -0.506 e. The van der Waals surface area contributed by atoms with Crippen molar-refractivity contribution >= 4 is 10.9 Å². The first kappa shape index (κ1) is 10.1. The highest BCUT2D eigenvalue weighted by atomic mass is 16.5. The minimum absolute atomic E-state index is 0.317. The van der Waals surface area contributed by atoms with Gasteiger partial charge in [-0.15, -0.1) is 0 Å². The van der Waals surface area contributed by atoms with Crippen molar-refractivity contribution in [3.63, 3.8) is 0 Å². The lowest BCUT2D eigenvalue weighted by molar-refractivity contribution is 0.129. The van der Waals surface area contributed by atoms with E-state index in [1.165, 1.54) is 0 Å². The Morgan fingerprint density at radius 2 is 2.20 bits per heavy atom. The van der Waals surface area contributed by atoms with Crippen LogP contribution in [0.2, 0.25) is 0 Å².